The molecule has 1 fully saturated rings. The Bertz CT molecular complexity index is 204. The molecule has 12 heavy (non-hydrogen) atoms. The summed E-state index contributed by atoms with van der Waals surface area (Å²) in [6.07, 6.45) is -1.16. The lowest BCUT2D eigenvalue weighted by atomic mass is 9.97. The molecule has 0 aliphatic heterocycles. The highest BCUT2D eigenvalue weighted by atomic mass is 16.4. The van der Waals surface area contributed by atoms with Gasteiger partial charge in [0.25, 0.3) is 0 Å². The molecule has 4 atom stereocenters. The fourth-order valence-corrected chi connectivity index (χ4v) is 1.50. The van der Waals surface area contributed by atoms with Crippen LogP contribution in [0.2, 0.25) is 0 Å². The van der Waals surface area contributed by atoms with E-state index >= 15 is 0 Å². The third kappa shape index (κ3) is 1.20. The van der Waals surface area contributed by atoms with Crippen molar-refractivity contribution >= 4 is 5.97 Å². The molecular weight excluding hydrogens is 162 g/mol. The predicted octanol–water partition coefficient (Wildman–Crippen LogP) is -1.47. The number of hydrogen-bond donors (Lipinski definition) is 4. The summed E-state index contributed by atoms with van der Waals surface area (Å²) in [5.41, 5.74) is 3.97. The van der Waals surface area contributed by atoms with Crippen LogP contribution in [-0.2, 0) is 4.79 Å². The third-order valence-corrected chi connectivity index (χ3v) is 2.56. The maximum absolute atomic E-state index is 10.5. The van der Waals surface area contributed by atoms with E-state index in [0.29, 0.717) is 0 Å². The summed E-state index contributed by atoms with van der Waals surface area (Å²) < 4.78 is 0. The van der Waals surface area contributed by atoms with E-state index in [9.17, 15) is 15.0 Å². The summed E-state index contributed by atoms with van der Waals surface area (Å²) in [6.45, 7) is 1.35. The fourth-order valence-electron chi connectivity index (χ4n) is 1.50. The van der Waals surface area contributed by atoms with E-state index in [0.717, 1.165) is 0 Å². The van der Waals surface area contributed by atoms with Crippen LogP contribution in [0.4, 0.5) is 0 Å². The zero-order chi connectivity index (χ0) is 9.52. The summed E-state index contributed by atoms with van der Waals surface area (Å²) in [5, 5.41) is 27.5. The van der Waals surface area contributed by atoms with Crippen LogP contribution in [0.1, 0.15) is 13.3 Å². The van der Waals surface area contributed by atoms with Gasteiger partial charge < -0.3 is 21.1 Å². The topological polar surface area (TPSA) is 104 Å². The lowest BCUT2D eigenvalue weighted by Crippen LogP contribution is -2.48. The molecule has 5 N–H and O–H groups in total. The zero-order valence-corrected chi connectivity index (χ0v) is 6.77. The second-order valence-electron chi connectivity index (χ2n) is 3.46. The number of rotatable bonds is 1. The number of carbonyl (C=O) groups is 1. The average molecular weight is 175 g/mol. The molecule has 1 saturated carbocycles. The molecule has 1 aliphatic rings. The van der Waals surface area contributed by atoms with Crippen LogP contribution >= 0.6 is 0 Å². The maximum atomic E-state index is 10.5. The minimum Gasteiger partial charge on any atom is -0.481 e. The van der Waals surface area contributed by atoms with Crippen molar-refractivity contribution in [2.24, 2.45) is 11.7 Å². The molecule has 0 bridgehead atoms. The van der Waals surface area contributed by atoms with E-state index in [-0.39, 0.29) is 6.42 Å². The van der Waals surface area contributed by atoms with Crippen molar-refractivity contribution < 1.29 is 20.1 Å². The van der Waals surface area contributed by atoms with E-state index in [1.165, 1.54) is 6.92 Å². The van der Waals surface area contributed by atoms with E-state index in [1.54, 1.807) is 0 Å². The van der Waals surface area contributed by atoms with E-state index in [2.05, 4.69) is 0 Å². The Balaban J connectivity index is 2.83. The quantitative estimate of drug-likeness (QED) is 0.389. The van der Waals surface area contributed by atoms with Crippen LogP contribution in [0.15, 0.2) is 0 Å². The molecule has 1 rings (SSSR count). The maximum Gasteiger partial charge on any atom is 0.309 e. The van der Waals surface area contributed by atoms with Crippen molar-refractivity contribution in [3.05, 3.63) is 0 Å². The van der Waals surface area contributed by atoms with Gasteiger partial charge in [0.15, 0.2) is 0 Å². The normalized spacial score (nSPS) is 47.8. The highest BCUT2D eigenvalue weighted by Gasteiger charge is 2.51. The van der Waals surface area contributed by atoms with Gasteiger partial charge >= 0.3 is 5.97 Å². The molecule has 1 aliphatic carbocycles. The number of carboxylic acids is 1. The molecule has 5 nitrogen and oxygen atoms in total. The van der Waals surface area contributed by atoms with Crippen LogP contribution in [0.3, 0.4) is 0 Å². The van der Waals surface area contributed by atoms with Gasteiger partial charge in [-0.3, -0.25) is 4.79 Å². The highest BCUT2D eigenvalue weighted by molar-refractivity contribution is 5.71. The van der Waals surface area contributed by atoms with Crippen molar-refractivity contribution in [1.29, 1.82) is 0 Å². The first-order chi connectivity index (χ1) is 5.37. The van der Waals surface area contributed by atoms with Gasteiger partial charge in [-0.05, 0) is 13.3 Å². The lowest BCUT2D eigenvalue weighted by molar-refractivity contribution is -0.148. The minimum absolute atomic E-state index is 0.115. The van der Waals surface area contributed by atoms with E-state index in [4.69, 9.17) is 10.8 Å². The highest BCUT2D eigenvalue weighted by Crippen LogP contribution is 2.33. The molecule has 0 aromatic heterocycles. The van der Waals surface area contributed by atoms with Gasteiger partial charge in [-0.2, -0.15) is 0 Å². The summed E-state index contributed by atoms with van der Waals surface area (Å²) in [6, 6.07) is -0.673. The zero-order valence-electron chi connectivity index (χ0n) is 6.77. The van der Waals surface area contributed by atoms with Crippen LogP contribution in [0, 0.1) is 5.92 Å². The number of hydrogen-bond acceptors (Lipinski definition) is 4. The molecule has 0 amide bonds. The molecule has 0 heterocycles. The predicted molar refractivity (Wildman–Crippen MR) is 40.3 cm³/mol. The van der Waals surface area contributed by atoms with Crippen molar-refractivity contribution in [3.63, 3.8) is 0 Å². The van der Waals surface area contributed by atoms with Crippen LogP contribution in [0.25, 0.3) is 0 Å². The summed E-state index contributed by atoms with van der Waals surface area (Å²) in [7, 11) is 0. The molecule has 0 unspecified atom stereocenters. The van der Waals surface area contributed by atoms with Gasteiger partial charge in [0, 0.05) is 6.04 Å². The van der Waals surface area contributed by atoms with Gasteiger partial charge in [0.2, 0.25) is 0 Å². The standard InChI is InChI=1S/C7H13NO4/c1-7(12)4(8)2-3(5(7)9)6(10)11/h3-5,9,12H,2,8H2,1H3,(H,10,11)/t3-,4+,5-,7+/m0/s1. The molecule has 0 saturated heterocycles. The number of aliphatic hydroxyl groups is 2. The van der Waals surface area contributed by atoms with Crippen molar-refractivity contribution in [3.8, 4) is 0 Å². The van der Waals surface area contributed by atoms with Gasteiger partial charge in [0.05, 0.1) is 12.0 Å². The second kappa shape index (κ2) is 2.69. The molecular formula is C7H13NO4. The van der Waals surface area contributed by atoms with Gasteiger partial charge in [-0.1, -0.05) is 0 Å². The largest absolute Gasteiger partial charge is 0.481 e. The van der Waals surface area contributed by atoms with Gasteiger partial charge in [0.1, 0.15) is 5.60 Å². The number of aliphatic hydroxyl groups excluding tert-OH is 1. The second-order valence-corrected chi connectivity index (χ2v) is 3.46. The Morgan fingerprint density at radius 3 is 2.33 bits per heavy atom. The Morgan fingerprint density at radius 1 is 1.67 bits per heavy atom. The minimum atomic E-state index is -1.48. The number of nitrogens with two attached hydrogens (primary N) is 1. The van der Waals surface area contributed by atoms with Crippen molar-refractivity contribution in [1.82, 2.24) is 0 Å². The molecule has 0 radical (unpaired) electrons. The summed E-state index contributed by atoms with van der Waals surface area (Å²) in [5.74, 6) is -2.06. The summed E-state index contributed by atoms with van der Waals surface area (Å²) in [4.78, 5) is 10.5. The van der Waals surface area contributed by atoms with E-state index in [1.807, 2.05) is 0 Å². The Kier molecular flexibility index (Phi) is 2.11. The Labute approximate surface area is 69.8 Å². The number of carboxylic acid groups (broad SMARTS) is 1. The lowest BCUT2D eigenvalue weighted by Gasteiger charge is -2.26. The molecule has 0 aromatic carbocycles. The molecule has 5 heteroatoms. The third-order valence-electron chi connectivity index (χ3n) is 2.56. The first kappa shape index (κ1) is 9.44. The van der Waals surface area contributed by atoms with E-state index < -0.39 is 29.6 Å². The fraction of sp³-hybridized carbons (Fsp3) is 0.857. The Hall–Kier alpha value is -0.650. The number of aliphatic carboxylic acids is 1. The molecule has 0 aromatic rings. The first-order valence-electron chi connectivity index (χ1n) is 3.76. The first-order valence-corrected chi connectivity index (χ1v) is 3.76. The SMILES string of the molecule is C[C@@]1(O)[C@H](N)C[C@H](C(=O)O)[C@@H]1O. The van der Waals surface area contributed by atoms with Crippen LogP contribution < -0.4 is 5.73 Å². The average Bonchev–Trinajstić information content (AvgIpc) is 2.13. The molecule has 0 spiro atoms. The molecule has 70 valence electrons. The summed E-state index contributed by atoms with van der Waals surface area (Å²) >= 11 is 0. The van der Waals surface area contributed by atoms with Gasteiger partial charge in [-0.25, -0.2) is 0 Å². The van der Waals surface area contributed by atoms with Crippen LogP contribution in [0.5, 0.6) is 0 Å². The smallest absolute Gasteiger partial charge is 0.309 e. The van der Waals surface area contributed by atoms with Crippen LogP contribution in [-0.4, -0.2) is 39.0 Å². The van der Waals surface area contributed by atoms with Crippen molar-refractivity contribution in [2.75, 3.05) is 0 Å². The van der Waals surface area contributed by atoms with Crippen molar-refractivity contribution in [2.45, 2.75) is 31.1 Å². The monoisotopic (exact) mass is 175 g/mol. The van der Waals surface area contributed by atoms with Gasteiger partial charge in [-0.15, -0.1) is 0 Å². The Morgan fingerprint density at radius 2 is 2.17 bits per heavy atom.